The molecule has 2 aromatic rings. The molecule has 2 rings (SSSR count). The van der Waals surface area contributed by atoms with Crippen LogP contribution in [0.5, 0.6) is 0 Å². The summed E-state index contributed by atoms with van der Waals surface area (Å²) in [5.74, 6) is 0.577. The molecule has 90 valence electrons. The lowest BCUT2D eigenvalue weighted by atomic mass is 10.2. The highest BCUT2D eigenvalue weighted by Crippen LogP contribution is 2.27. The monoisotopic (exact) mass is 278 g/mol. The molecule has 18 heavy (non-hydrogen) atoms. The number of aryl methyl sites for hydroxylation is 1. The van der Waals surface area contributed by atoms with Crippen LogP contribution >= 0.6 is 23.2 Å². The van der Waals surface area contributed by atoms with Crippen molar-refractivity contribution in [2.45, 2.75) is 6.92 Å². The maximum atomic E-state index is 8.89. The van der Waals surface area contributed by atoms with Gasteiger partial charge in [-0.25, -0.2) is 9.97 Å². The summed E-state index contributed by atoms with van der Waals surface area (Å²) in [6.07, 6.45) is 0. The molecule has 2 N–H and O–H groups in total. The van der Waals surface area contributed by atoms with Gasteiger partial charge in [-0.15, -0.1) is 0 Å². The normalized spacial score (nSPS) is 10.1. The van der Waals surface area contributed by atoms with Gasteiger partial charge in [-0.3, -0.25) is 0 Å². The molecule has 0 aliphatic heterocycles. The van der Waals surface area contributed by atoms with Gasteiger partial charge in [-0.1, -0.05) is 23.2 Å². The average molecular weight is 279 g/mol. The van der Waals surface area contributed by atoms with Gasteiger partial charge in [0.2, 0.25) is 0 Å². The summed E-state index contributed by atoms with van der Waals surface area (Å²) in [5.41, 5.74) is 7.23. The Balaban J connectivity index is 2.59. The van der Waals surface area contributed by atoms with Crippen LogP contribution in [0.4, 0.5) is 5.82 Å². The molecule has 1 aromatic carbocycles. The summed E-state index contributed by atoms with van der Waals surface area (Å²) in [4.78, 5) is 8.32. The van der Waals surface area contributed by atoms with Gasteiger partial charge in [0.05, 0.1) is 15.7 Å². The van der Waals surface area contributed by atoms with Gasteiger partial charge >= 0.3 is 0 Å². The molecule has 0 aliphatic rings. The molecule has 0 bridgehead atoms. The van der Waals surface area contributed by atoms with Crippen molar-refractivity contribution in [3.63, 3.8) is 0 Å². The average Bonchev–Trinajstić information content (AvgIpc) is 2.32. The fraction of sp³-hybridized carbons (Fsp3) is 0.0833. The van der Waals surface area contributed by atoms with Crippen molar-refractivity contribution in [3.05, 3.63) is 39.5 Å². The second-order valence-electron chi connectivity index (χ2n) is 3.63. The Bertz CT molecular complexity index is 639. The maximum absolute atomic E-state index is 8.89. The van der Waals surface area contributed by atoms with Gasteiger partial charge in [0.25, 0.3) is 0 Å². The zero-order valence-electron chi connectivity index (χ0n) is 9.41. The van der Waals surface area contributed by atoms with Crippen LogP contribution in [-0.2, 0) is 0 Å². The van der Waals surface area contributed by atoms with Gasteiger partial charge in [0.1, 0.15) is 17.5 Å². The summed E-state index contributed by atoms with van der Waals surface area (Å²) in [5, 5.41) is 9.76. The van der Waals surface area contributed by atoms with Gasteiger partial charge in [-0.2, -0.15) is 5.26 Å². The summed E-state index contributed by atoms with van der Waals surface area (Å²) in [7, 11) is 0. The Morgan fingerprint density at radius 1 is 1.22 bits per heavy atom. The van der Waals surface area contributed by atoms with E-state index >= 15 is 0 Å². The van der Waals surface area contributed by atoms with Crippen LogP contribution in [0.15, 0.2) is 18.2 Å². The number of nitrogens with zero attached hydrogens (tertiary/aromatic N) is 3. The van der Waals surface area contributed by atoms with E-state index in [0.29, 0.717) is 32.7 Å². The fourth-order valence-corrected chi connectivity index (χ4v) is 1.80. The molecular weight excluding hydrogens is 271 g/mol. The van der Waals surface area contributed by atoms with E-state index in [1.807, 2.05) is 6.07 Å². The molecule has 1 aromatic heterocycles. The lowest BCUT2D eigenvalue weighted by Crippen LogP contribution is -2.02. The molecular formula is C12H8Cl2N4. The number of nitriles is 1. The highest BCUT2D eigenvalue weighted by Gasteiger charge is 2.11. The van der Waals surface area contributed by atoms with Gasteiger partial charge in [-0.05, 0) is 25.1 Å². The van der Waals surface area contributed by atoms with E-state index in [2.05, 4.69) is 9.97 Å². The number of nitrogens with two attached hydrogens (primary N) is 1. The van der Waals surface area contributed by atoms with E-state index in [1.54, 1.807) is 25.1 Å². The molecule has 0 unspecified atom stereocenters. The zero-order chi connectivity index (χ0) is 13.3. The third-order valence-corrected chi connectivity index (χ3v) is 3.15. The van der Waals surface area contributed by atoms with E-state index in [0.717, 1.165) is 0 Å². The third-order valence-electron chi connectivity index (χ3n) is 2.41. The van der Waals surface area contributed by atoms with Gasteiger partial charge < -0.3 is 5.73 Å². The van der Waals surface area contributed by atoms with Crippen molar-refractivity contribution in [2.24, 2.45) is 0 Å². The van der Waals surface area contributed by atoms with Gasteiger partial charge in [0.15, 0.2) is 5.82 Å². The number of hydrogen-bond acceptors (Lipinski definition) is 4. The standard InChI is InChI=1S/C12H8Cl2N4/c1-6-8(5-15)11(16)18-12(17-6)7-2-3-9(13)10(14)4-7/h2-4H,1H3,(H2,16,17,18). The number of hydrogen-bond donors (Lipinski definition) is 1. The van der Waals surface area contributed by atoms with Crippen LogP contribution in [0, 0.1) is 18.3 Å². The number of aromatic nitrogens is 2. The highest BCUT2D eigenvalue weighted by atomic mass is 35.5. The minimum Gasteiger partial charge on any atom is -0.382 e. The molecule has 0 atom stereocenters. The van der Waals surface area contributed by atoms with E-state index in [9.17, 15) is 0 Å². The van der Waals surface area contributed by atoms with Crippen molar-refractivity contribution >= 4 is 29.0 Å². The third kappa shape index (κ3) is 2.23. The first-order valence-corrected chi connectivity index (χ1v) is 5.78. The molecule has 4 nitrogen and oxygen atoms in total. The minimum atomic E-state index is 0.158. The van der Waals surface area contributed by atoms with E-state index in [1.165, 1.54) is 0 Å². The van der Waals surface area contributed by atoms with Crippen LogP contribution in [-0.4, -0.2) is 9.97 Å². The highest BCUT2D eigenvalue weighted by molar-refractivity contribution is 6.42. The van der Waals surface area contributed by atoms with Crippen LogP contribution < -0.4 is 5.73 Å². The predicted octanol–water partition coefficient (Wildman–Crippen LogP) is 3.21. The van der Waals surface area contributed by atoms with Crippen LogP contribution in [0.2, 0.25) is 10.0 Å². The lowest BCUT2D eigenvalue weighted by molar-refractivity contribution is 1.10. The van der Waals surface area contributed by atoms with Crippen molar-refractivity contribution in [3.8, 4) is 17.5 Å². The molecule has 0 spiro atoms. The predicted molar refractivity (Wildman–Crippen MR) is 71.4 cm³/mol. The van der Waals surface area contributed by atoms with E-state index < -0.39 is 0 Å². The van der Waals surface area contributed by atoms with Crippen LogP contribution in [0.25, 0.3) is 11.4 Å². The Morgan fingerprint density at radius 2 is 1.94 bits per heavy atom. The molecule has 0 aliphatic carbocycles. The largest absolute Gasteiger partial charge is 0.382 e. The molecule has 0 radical (unpaired) electrons. The summed E-state index contributed by atoms with van der Waals surface area (Å²) >= 11 is 11.8. The van der Waals surface area contributed by atoms with Crippen LogP contribution in [0.3, 0.4) is 0 Å². The second-order valence-corrected chi connectivity index (χ2v) is 4.45. The van der Waals surface area contributed by atoms with Crippen molar-refractivity contribution in [2.75, 3.05) is 5.73 Å². The Kier molecular flexibility index (Phi) is 3.37. The summed E-state index contributed by atoms with van der Waals surface area (Å²) in [6, 6.07) is 7.03. The van der Waals surface area contributed by atoms with Crippen molar-refractivity contribution < 1.29 is 0 Å². The lowest BCUT2D eigenvalue weighted by Gasteiger charge is -2.06. The minimum absolute atomic E-state index is 0.158. The smallest absolute Gasteiger partial charge is 0.161 e. The first kappa shape index (κ1) is 12.6. The molecule has 0 saturated carbocycles. The topological polar surface area (TPSA) is 75.6 Å². The number of halogens is 2. The maximum Gasteiger partial charge on any atom is 0.161 e. The quantitative estimate of drug-likeness (QED) is 0.869. The Hall–Kier alpha value is -1.83. The number of anilines is 1. The van der Waals surface area contributed by atoms with E-state index in [-0.39, 0.29) is 5.82 Å². The first-order valence-electron chi connectivity index (χ1n) is 5.02. The summed E-state index contributed by atoms with van der Waals surface area (Å²) < 4.78 is 0. The fourth-order valence-electron chi connectivity index (χ4n) is 1.50. The van der Waals surface area contributed by atoms with Crippen molar-refractivity contribution in [1.29, 1.82) is 5.26 Å². The number of nitrogen functional groups attached to an aromatic ring is 1. The summed E-state index contributed by atoms with van der Waals surface area (Å²) in [6.45, 7) is 1.71. The first-order chi connectivity index (χ1) is 8.52. The Morgan fingerprint density at radius 3 is 2.50 bits per heavy atom. The molecule has 0 amide bonds. The van der Waals surface area contributed by atoms with E-state index in [4.69, 9.17) is 34.2 Å². The number of rotatable bonds is 1. The molecule has 0 saturated heterocycles. The molecule has 6 heteroatoms. The van der Waals surface area contributed by atoms with Crippen molar-refractivity contribution in [1.82, 2.24) is 9.97 Å². The SMILES string of the molecule is Cc1nc(-c2ccc(Cl)c(Cl)c2)nc(N)c1C#N. The second kappa shape index (κ2) is 4.81. The number of benzene rings is 1. The molecule has 0 fully saturated rings. The molecule has 1 heterocycles. The Labute approximate surface area is 114 Å². The van der Waals surface area contributed by atoms with Crippen LogP contribution in [0.1, 0.15) is 11.3 Å². The van der Waals surface area contributed by atoms with Gasteiger partial charge in [0, 0.05) is 5.56 Å². The zero-order valence-corrected chi connectivity index (χ0v) is 10.9.